The normalized spacial score (nSPS) is 24.3. The Morgan fingerprint density at radius 3 is 2.40 bits per heavy atom. The van der Waals surface area contributed by atoms with Gasteiger partial charge in [-0.25, -0.2) is 0 Å². The summed E-state index contributed by atoms with van der Waals surface area (Å²) in [5.74, 6) is -1.63. The van der Waals surface area contributed by atoms with E-state index in [1.54, 1.807) is 19.1 Å². The summed E-state index contributed by atoms with van der Waals surface area (Å²) in [7, 11) is 0. The second-order valence-electron chi connectivity index (χ2n) is 15.1. The number of ketones is 2. The average molecular weight is 669 g/mol. The van der Waals surface area contributed by atoms with E-state index < -0.39 is 46.6 Å². The van der Waals surface area contributed by atoms with Crippen molar-refractivity contribution in [3.05, 3.63) is 34.9 Å². The molecule has 10 nitrogen and oxygen atoms in total. The number of carbonyl (C=O) groups is 5. The highest BCUT2D eigenvalue weighted by Gasteiger charge is 2.55. The van der Waals surface area contributed by atoms with Crippen molar-refractivity contribution in [1.82, 2.24) is 15.5 Å². The number of nitrogens with zero attached hydrogens (tertiary/aromatic N) is 2. The van der Waals surface area contributed by atoms with Crippen LogP contribution >= 0.6 is 11.6 Å². The molecule has 3 fully saturated rings. The smallest absolute Gasteiger partial charge is 0.246 e. The molecule has 47 heavy (non-hydrogen) atoms. The van der Waals surface area contributed by atoms with Crippen molar-refractivity contribution >= 4 is 46.6 Å². The zero-order chi connectivity index (χ0) is 33.9. The Balaban J connectivity index is 1.39. The highest BCUT2D eigenvalue weighted by Crippen LogP contribution is 2.41. The van der Waals surface area contributed by atoms with Crippen LogP contribution in [0, 0.1) is 17.3 Å². The number of Topliss-reactive ketones (excluding diaryl/α,β-unsaturated/α-hetero) is 2. The summed E-state index contributed by atoms with van der Waals surface area (Å²) in [5, 5.41) is 10.8. The van der Waals surface area contributed by atoms with E-state index in [0.29, 0.717) is 35.9 Å². The molecule has 4 atom stereocenters. The van der Waals surface area contributed by atoms with Crippen LogP contribution in [0.3, 0.4) is 0 Å². The summed E-state index contributed by atoms with van der Waals surface area (Å²) < 4.78 is 0. The number of carbonyl (C=O) groups excluding carboxylic acids is 5. The number of amides is 3. The molecule has 0 unspecified atom stereocenters. The maximum absolute atomic E-state index is 14.5. The molecular weight excluding hydrogens is 620 g/mol. The quantitative estimate of drug-likeness (QED) is 0.296. The second kappa shape index (κ2) is 14.5. The molecule has 1 saturated heterocycles. The van der Waals surface area contributed by atoms with Crippen LogP contribution in [0.25, 0.3) is 0 Å². The molecule has 2 saturated carbocycles. The molecule has 5 rings (SSSR count). The van der Waals surface area contributed by atoms with Crippen molar-refractivity contribution in [2.45, 2.75) is 128 Å². The second-order valence-corrected chi connectivity index (χ2v) is 15.6. The van der Waals surface area contributed by atoms with Crippen molar-refractivity contribution in [1.29, 1.82) is 0 Å². The molecular formula is C36H49ClN4O6. The van der Waals surface area contributed by atoms with Crippen LogP contribution in [0.5, 0.6) is 0 Å². The molecule has 4 aliphatic rings. The van der Waals surface area contributed by atoms with E-state index in [1.165, 1.54) is 11.3 Å². The molecule has 1 aromatic carbocycles. The molecule has 1 spiro atoms. The molecule has 11 heteroatoms. The molecule has 1 aromatic rings. The van der Waals surface area contributed by atoms with Crippen LogP contribution < -0.4 is 10.6 Å². The van der Waals surface area contributed by atoms with E-state index in [0.717, 1.165) is 44.1 Å². The van der Waals surface area contributed by atoms with Gasteiger partial charge in [0.25, 0.3) is 0 Å². The third kappa shape index (κ3) is 8.61. The van der Waals surface area contributed by atoms with Crippen LogP contribution in [0.1, 0.15) is 110 Å². The van der Waals surface area contributed by atoms with E-state index in [-0.39, 0.29) is 37.1 Å². The number of hydrogen-bond donors (Lipinski definition) is 2. The number of hydrogen-bond acceptors (Lipinski definition) is 7. The highest BCUT2D eigenvalue weighted by atomic mass is 35.5. The number of likely N-dealkylation sites (tertiary alicyclic amines) is 1. The van der Waals surface area contributed by atoms with Gasteiger partial charge in [-0.3, -0.25) is 24.0 Å². The predicted molar refractivity (Wildman–Crippen MR) is 179 cm³/mol. The van der Waals surface area contributed by atoms with E-state index in [2.05, 4.69) is 15.8 Å². The predicted octanol–water partition coefficient (Wildman–Crippen LogP) is 5.14. The maximum Gasteiger partial charge on any atom is 0.246 e. The molecule has 0 aromatic heterocycles. The lowest BCUT2D eigenvalue weighted by Crippen LogP contribution is -2.59. The summed E-state index contributed by atoms with van der Waals surface area (Å²) in [6, 6.07) is 4.42. The van der Waals surface area contributed by atoms with Gasteiger partial charge in [0.2, 0.25) is 23.5 Å². The number of benzene rings is 1. The minimum Gasteiger partial charge on any atom is -0.387 e. The molecule has 0 bridgehead atoms. The van der Waals surface area contributed by atoms with Gasteiger partial charge in [0, 0.05) is 36.3 Å². The molecule has 0 radical (unpaired) electrons. The van der Waals surface area contributed by atoms with Gasteiger partial charge in [0.15, 0.2) is 11.4 Å². The van der Waals surface area contributed by atoms with Gasteiger partial charge in [-0.15, -0.1) is 0 Å². The number of oxime groups is 1. The topological polar surface area (TPSA) is 134 Å². The van der Waals surface area contributed by atoms with Crippen molar-refractivity contribution in [3.8, 4) is 0 Å². The fourth-order valence-corrected chi connectivity index (χ4v) is 7.39. The molecule has 2 aliphatic carbocycles. The Hall–Kier alpha value is -3.27. The summed E-state index contributed by atoms with van der Waals surface area (Å²) in [6.45, 7) is 7.37. The zero-order valence-electron chi connectivity index (χ0n) is 28.1. The first kappa shape index (κ1) is 35.0. The first-order chi connectivity index (χ1) is 22.3. The summed E-state index contributed by atoms with van der Waals surface area (Å²) in [5.41, 5.74) is -0.202. The molecule has 2 aliphatic heterocycles. The van der Waals surface area contributed by atoms with Gasteiger partial charge >= 0.3 is 0 Å². The fourth-order valence-electron chi connectivity index (χ4n) is 7.19. The summed E-state index contributed by atoms with van der Waals surface area (Å²) >= 11 is 6.24. The number of halogens is 1. The van der Waals surface area contributed by atoms with Crippen molar-refractivity contribution < 1.29 is 28.8 Å². The van der Waals surface area contributed by atoms with Crippen LogP contribution in [0.2, 0.25) is 5.02 Å². The monoisotopic (exact) mass is 668 g/mol. The van der Waals surface area contributed by atoms with Crippen molar-refractivity contribution in [2.24, 2.45) is 22.4 Å². The van der Waals surface area contributed by atoms with E-state index in [9.17, 15) is 24.0 Å². The lowest BCUT2D eigenvalue weighted by atomic mass is 9.84. The Morgan fingerprint density at radius 1 is 1.04 bits per heavy atom. The number of rotatable bonds is 12. The van der Waals surface area contributed by atoms with Crippen LogP contribution in [-0.4, -0.2) is 70.2 Å². The summed E-state index contributed by atoms with van der Waals surface area (Å²) in [4.78, 5) is 75.0. The van der Waals surface area contributed by atoms with Gasteiger partial charge in [0.1, 0.15) is 12.1 Å². The van der Waals surface area contributed by atoms with E-state index >= 15 is 0 Å². The molecule has 3 amide bonds. The Labute approximate surface area is 282 Å². The maximum atomic E-state index is 14.5. The van der Waals surface area contributed by atoms with Gasteiger partial charge in [-0.2, -0.15) is 0 Å². The number of nitrogens with one attached hydrogen (secondary N) is 2. The SMILES string of the molecule is CCC(=O)C(=O)[C@@H](CC1CC1)NC(=O)[C@@H]1C[C@]2(CC(c3cccc(Cl)c3)=NO2)CN1C(=O)[C@@H](NC(=O)CC1CCCCC1)C(C)(C)C. The fraction of sp³-hybridized carbons (Fsp3) is 0.667. The van der Waals surface area contributed by atoms with E-state index in [4.69, 9.17) is 16.4 Å². The Bertz CT molecular complexity index is 1410. The third-order valence-electron chi connectivity index (χ3n) is 10.1. The lowest BCUT2D eigenvalue weighted by Gasteiger charge is -2.36. The molecule has 256 valence electrons. The van der Waals surface area contributed by atoms with Gasteiger partial charge in [-0.05, 0) is 48.6 Å². The third-order valence-corrected chi connectivity index (χ3v) is 10.3. The standard InChI is InChI=1S/C36H49ClN4O6/c1-5-29(42)31(44)26(16-23-14-15-23)38-33(45)28-20-36(19-27(40-47-36)24-12-9-13-25(37)18-24)21-41(28)34(46)32(35(2,3)4)39-30(43)17-22-10-7-6-8-11-22/h9,12-13,18,22-23,26,28,32H,5-8,10-11,14-17,19-21H2,1-4H3,(H,38,45)(H,39,43)/t26-,28+,32-,36-/m1/s1. The highest BCUT2D eigenvalue weighted by molar-refractivity contribution is 6.39. The van der Waals surface area contributed by atoms with Crippen molar-refractivity contribution in [2.75, 3.05) is 6.54 Å². The van der Waals surface area contributed by atoms with Crippen LogP contribution in [-0.2, 0) is 28.8 Å². The Kier molecular flexibility index (Phi) is 10.8. The Morgan fingerprint density at radius 2 is 1.77 bits per heavy atom. The largest absolute Gasteiger partial charge is 0.387 e. The van der Waals surface area contributed by atoms with Gasteiger partial charge in [-0.1, -0.05) is 88.7 Å². The average Bonchev–Trinajstić information content (AvgIpc) is 3.64. The minimum atomic E-state index is -0.997. The zero-order valence-corrected chi connectivity index (χ0v) is 28.9. The first-order valence-electron chi connectivity index (χ1n) is 17.3. The van der Waals surface area contributed by atoms with E-state index in [1.807, 2.05) is 32.9 Å². The molecule has 2 heterocycles. The summed E-state index contributed by atoms with van der Waals surface area (Å²) in [6.07, 6.45) is 8.60. The van der Waals surface area contributed by atoms with Gasteiger partial charge in [0.05, 0.1) is 18.3 Å². The van der Waals surface area contributed by atoms with Gasteiger partial charge < -0.3 is 20.4 Å². The van der Waals surface area contributed by atoms with Crippen LogP contribution in [0.15, 0.2) is 29.4 Å². The lowest BCUT2D eigenvalue weighted by molar-refractivity contribution is -0.145. The van der Waals surface area contributed by atoms with Crippen LogP contribution in [0.4, 0.5) is 0 Å². The molecule has 2 N–H and O–H groups in total. The first-order valence-corrected chi connectivity index (χ1v) is 17.6. The van der Waals surface area contributed by atoms with Crippen molar-refractivity contribution in [3.63, 3.8) is 0 Å². The minimum absolute atomic E-state index is 0.0539.